The van der Waals surface area contributed by atoms with Crippen LogP contribution in [0.15, 0.2) is 18.2 Å². The topological polar surface area (TPSA) is 22.1 Å². The summed E-state index contributed by atoms with van der Waals surface area (Å²) in [7, 11) is 0. The molecule has 0 radical (unpaired) electrons. The molecule has 1 heterocycles. The zero-order valence-corrected chi connectivity index (χ0v) is 8.43. The summed E-state index contributed by atoms with van der Waals surface area (Å²) in [6, 6.07) is 3.60. The molecule has 0 saturated heterocycles. The Hall–Kier alpha value is -1.47. The predicted octanol–water partition coefficient (Wildman–Crippen LogP) is 3.26. The third-order valence-electron chi connectivity index (χ3n) is 1.70. The van der Waals surface area contributed by atoms with Crippen LogP contribution in [0.3, 0.4) is 0 Å². The Balaban J connectivity index is 2.96. The average molecular weight is 259 g/mol. The summed E-state index contributed by atoms with van der Waals surface area (Å²) >= 11 is 0. The van der Waals surface area contributed by atoms with E-state index < -0.39 is 24.3 Å². The first-order valence-corrected chi connectivity index (χ1v) is 4.34. The smallest absolute Gasteiger partial charge is 0.434 e. The second kappa shape index (κ2) is 4.42. The molecular formula is C9H7F6NO. The Labute approximate surface area is 92.2 Å². The van der Waals surface area contributed by atoms with Crippen LogP contribution >= 0.6 is 0 Å². The molecule has 0 aliphatic carbocycles. The fourth-order valence-electron chi connectivity index (χ4n) is 1.02. The van der Waals surface area contributed by atoms with Crippen LogP contribution < -0.4 is 4.74 Å². The summed E-state index contributed by atoms with van der Waals surface area (Å²) in [5.41, 5.74) is 0.255. The van der Waals surface area contributed by atoms with E-state index in [1.165, 1.54) is 19.1 Å². The molecule has 8 heteroatoms. The number of hydrogen-bond acceptors (Lipinski definition) is 2. The molecule has 17 heavy (non-hydrogen) atoms. The van der Waals surface area contributed by atoms with Gasteiger partial charge in [0.25, 0.3) is 6.10 Å². The number of aryl methyl sites for hydroxylation is 1. The number of ether oxygens (including phenoxy) is 1. The Kier molecular flexibility index (Phi) is 3.53. The van der Waals surface area contributed by atoms with Gasteiger partial charge in [0, 0.05) is 11.8 Å². The van der Waals surface area contributed by atoms with Gasteiger partial charge < -0.3 is 4.74 Å². The third-order valence-corrected chi connectivity index (χ3v) is 1.70. The molecule has 0 spiro atoms. The lowest BCUT2D eigenvalue weighted by atomic mass is 10.3. The fourth-order valence-corrected chi connectivity index (χ4v) is 1.02. The Morgan fingerprint density at radius 2 is 1.59 bits per heavy atom. The van der Waals surface area contributed by atoms with Gasteiger partial charge in [0.2, 0.25) is 5.88 Å². The molecule has 0 N–H and O–H groups in total. The number of aromatic nitrogens is 1. The van der Waals surface area contributed by atoms with Crippen LogP contribution in [0.1, 0.15) is 5.69 Å². The molecule has 96 valence electrons. The van der Waals surface area contributed by atoms with E-state index in [1.807, 2.05) is 0 Å². The minimum atomic E-state index is -5.54. The normalized spacial score (nSPS) is 12.9. The lowest BCUT2D eigenvalue weighted by Crippen LogP contribution is -2.46. The van der Waals surface area contributed by atoms with Crippen molar-refractivity contribution in [2.45, 2.75) is 25.4 Å². The van der Waals surface area contributed by atoms with Crippen LogP contribution in [-0.4, -0.2) is 23.4 Å². The van der Waals surface area contributed by atoms with Gasteiger partial charge in [-0.05, 0) is 13.0 Å². The predicted molar refractivity (Wildman–Crippen MR) is 45.5 cm³/mol. The zero-order chi connectivity index (χ0) is 13.3. The van der Waals surface area contributed by atoms with Crippen molar-refractivity contribution in [3.8, 4) is 5.88 Å². The molecule has 0 bridgehead atoms. The number of rotatable bonds is 2. The van der Waals surface area contributed by atoms with Gasteiger partial charge in [-0.3, -0.25) is 0 Å². The van der Waals surface area contributed by atoms with Gasteiger partial charge in [-0.1, -0.05) is 6.07 Å². The van der Waals surface area contributed by atoms with Crippen LogP contribution in [0.25, 0.3) is 0 Å². The van der Waals surface area contributed by atoms with Crippen molar-refractivity contribution in [1.82, 2.24) is 4.98 Å². The van der Waals surface area contributed by atoms with E-state index in [2.05, 4.69) is 9.72 Å². The van der Waals surface area contributed by atoms with E-state index in [4.69, 9.17) is 0 Å². The van der Waals surface area contributed by atoms with Crippen molar-refractivity contribution in [3.05, 3.63) is 23.9 Å². The van der Waals surface area contributed by atoms with Gasteiger partial charge in [-0.2, -0.15) is 26.3 Å². The summed E-state index contributed by atoms with van der Waals surface area (Å²) in [6.45, 7) is 1.42. The SMILES string of the molecule is Cc1cccc(OC(C(F)(F)F)C(F)(F)F)n1. The van der Waals surface area contributed by atoms with E-state index in [0.29, 0.717) is 0 Å². The standard InChI is InChI=1S/C9H7F6NO/c1-5-3-2-4-6(16-5)17-7(8(10,11)12)9(13,14)15/h2-4,7H,1H3. The van der Waals surface area contributed by atoms with E-state index in [0.717, 1.165) is 6.07 Å². The third kappa shape index (κ3) is 3.79. The van der Waals surface area contributed by atoms with Gasteiger partial charge in [0.1, 0.15) is 0 Å². The molecule has 0 saturated carbocycles. The highest BCUT2D eigenvalue weighted by atomic mass is 19.4. The second-order valence-electron chi connectivity index (χ2n) is 3.20. The van der Waals surface area contributed by atoms with Crippen LogP contribution in [0.5, 0.6) is 5.88 Å². The number of nitrogens with zero attached hydrogens (tertiary/aromatic N) is 1. The summed E-state index contributed by atoms with van der Waals surface area (Å²) in [6.07, 6.45) is -14.9. The monoisotopic (exact) mass is 259 g/mol. The molecule has 0 fully saturated rings. The molecule has 0 unspecified atom stereocenters. The molecule has 1 rings (SSSR count). The lowest BCUT2D eigenvalue weighted by molar-refractivity contribution is -0.300. The zero-order valence-electron chi connectivity index (χ0n) is 8.43. The number of alkyl halides is 6. The highest BCUT2D eigenvalue weighted by Gasteiger charge is 2.59. The first-order chi connectivity index (χ1) is 7.60. The highest BCUT2D eigenvalue weighted by molar-refractivity contribution is 5.15. The van der Waals surface area contributed by atoms with Crippen molar-refractivity contribution in [2.75, 3.05) is 0 Å². The fraction of sp³-hybridized carbons (Fsp3) is 0.444. The summed E-state index contributed by atoms with van der Waals surface area (Å²) < 4.78 is 76.6. The molecule has 2 nitrogen and oxygen atoms in total. The number of pyridine rings is 1. The van der Waals surface area contributed by atoms with Gasteiger partial charge in [-0.15, -0.1) is 0 Å². The Bertz CT molecular complexity index is 372. The lowest BCUT2D eigenvalue weighted by Gasteiger charge is -2.23. The number of halogens is 6. The average Bonchev–Trinajstić information content (AvgIpc) is 2.10. The van der Waals surface area contributed by atoms with Gasteiger partial charge >= 0.3 is 12.4 Å². The summed E-state index contributed by atoms with van der Waals surface area (Å²) in [5.74, 6) is -0.718. The highest BCUT2D eigenvalue weighted by Crippen LogP contribution is 2.35. The van der Waals surface area contributed by atoms with Crippen LogP contribution in [-0.2, 0) is 0 Å². The second-order valence-corrected chi connectivity index (χ2v) is 3.20. The maximum absolute atomic E-state index is 12.1. The van der Waals surface area contributed by atoms with Crippen molar-refractivity contribution in [2.24, 2.45) is 0 Å². The Morgan fingerprint density at radius 3 is 2.00 bits per heavy atom. The van der Waals surface area contributed by atoms with Crippen molar-refractivity contribution < 1.29 is 31.1 Å². The molecular weight excluding hydrogens is 252 g/mol. The van der Waals surface area contributed by atoms with Gasteiger partial charge in [0.15, 0.2) is 0 Å². The number of hydrogen-bond donors (Lipinski definition) is 0. The minimum absolute atomic E-state index is 0.255. The molecule has 0 aliphatic rings. The van der Waals surface area contributed by atoms with E-state index >= 15 is 0 Å². The van der Waals surface area contributed by atoms with Crippen molar-refractivity contribution in [3.63, 3.8) is 0 Å². The largest absolute Gasteiger partial charge is 0.455 e. The van der Waals surface area contributed by atoms with E-state index in [-0.39, 0.29) is 5.69 Å². The molecule has 0 atom stereocenters. The maximum atomic E-state index is 12.1. The van der Waals surface area contributed by atoms with Crippen molar-refractivity contribution in [1.29, 1.82) is 0 Å². The van der Waals surface area contributed by atoms with Crippen LogP contribution in [0.4, 0.5) is 26.3 Å². The van der Waals surface area contributed by atoms with Crippen LogP contribution in [0, 0.1) is 6.92 Å². The van der Waals surface area contributed by atoms with E-state index in [9.17, 15) is 26.3 Å². The van der Waals surface area contributed by atoms with Gasteiger partial charge in [0.05, 0.1) is 0 Å². The van der Waals surface area contributed by atoms with Gasteiger partial charge in [-0.25, -0.2) is 4.98 Å². The maximum Gasteiger partial charge on any atom is 0.434 e. The summed E-state index contributed by atoms with van der Waals surface area (Å²) in [5, 5.41) is 0. The van der Waals surface area contributed by atoms with Crippen molar-refractivity contribution >= 4 is 0 Å². The minimum Gasteiger partial charge on any atom is -0.455 e. The Morgan fingerprint density at radius 1 is 1.06 bits per heavy atom. The quantitative estimate of drug-likeness (QED) is 0.760. The summed E-state index contributed by atoms with van der Waals surface area (Å²) in [4.78, 5) is 3.42. The molecule has 0 aliphatic heterocycles. The molecule has 0 amide bonds. The van der Waals surface area contributed by atoms with Crippen LogP contribution in [0.2, 0.25) is 0 Å². The molecule has 1 aromatic rings. The molecule has 0 aromatic carbocycles. The first-order valence-electron chi connectivity index (χ1n) is 4.34. The van der Waals surface area contributed by atoms with E-state index in [1.54, 1.807) is 0 Å². The first kappa shape index (κ1) is 13.6. The molecule has 1 aromatic heterocycles.